The van der Waals surface area contributed by atoms with E-state index in [2.05, 4.69) is 27.0 Å². The Morgan fingerprint density at radius 3 is 2.68 bits per heavy atom. The van der Waals surface area contributed by atoms with Crippen LogP contribution in [0.4, 0.5) is 5.82 Å². The molecule has 0 aromatic carbocycles. The third kappa shape index (κ3) is 3.48. The minimum absolute atomic E-state index is 0.123. The van der Waals surface area contributed by atoms with Gasteiger partial charge in [-0.25, -0.2) is 0 Å². The van der Waals surface area contributed by atoms with Gasteiger partial charge in [-0.2, -0.15) is 5.10 Å². The number of nitrogens with zero attached hydrogens (tertiary/aromatic N) is 5. The third-order valence-corrected chi connectivity index (χ3v) is 5.75. The van der Waals surface area contributed by atoms with Gasteiger partial charge in [0.05, 0.1) is 11.8 Å². The molecule has 3 aliphatic heterocycles. The van der Waals surface area contributed by atoms with Crippen LogP contribution in [-0.4, -0.2) is 84.4 Å². The standard InChI is InChI=1S/C18H27N5O2/c1-13-3-4-17(20-19-13)23-6-5-14-11-15(25-16(14)12-23)18(24)22-9-7-21(2)8-10-22/h3-4,14-16H,5-12H2,1-2H3/t14-,15+,16+/m1/s1. The van der Waals surface area contributed by atoms with Crippen molar-refractivity contribution in [2.45, 2.75) is 32.0 Å². The Hall–Kier alpha value is -1.73. The lowest BCUT2D eigenvalue weighted by atomic mass is 9.91. The summed E-state index contributed by atoms with van der Waals surface area (Å²) in [4.78, 5) is 19.3. The topological polar surface area (TPSA) is 61.8 Å². The van der Waals surface area contributed by atoms with Gasteiger partial charge in [-0.1, -0.05) is 0 Å². The van der Waals surface area contributed by atoms with Crippen LogP contribution < -0.4 is 4.90 Å². The van der Waals surface area contributed by atoms with Gasteiger partial charge in [0.15, 0.2) is 5.82 Å². The first kappa shape index (κ1) is 16.7. The second kappa shape index (κ2) is 6.88. The monoisotopic (exact) mass is 345 g/mol. The fraction of sp³-hybridized carbons (Fsp3) is 0.722. The first-order valence-electron chi connectivity index (χ1n) is 9.28. The van der Waals surface area contributed by atoms with Gasteiger partial charge in [-0.3, -0.25) is 4.79 Å². The number of piperazine rings is 1. The lowest BCUT2D eigenvalue weighted by Crippen LogP contribution is -2.50. The van der Waals surface area contributed by atoms with Crippen molar-refractivity contribution in [1.29, 1.82) is 0 Å². The summed E-state index contributed by atoms with van der Waals surface area (Å²) in [6.45, 7) is 7.23. The van der Waals surface area contributed by atoms with Crippen LogP contribution in [0, 0.1) is 12.8 Å². The second-order valence-electron chi connectivity index (χ2n) is 7.56. The van der Waals surface area contributed by atoms with Crippen LogP contribution in [0.1, 0.15) is 18.5 Å². The number of carbonyl (C=O) groups is 1. The van der Waals surface area contributed by atoms with E-state index in [0.29, 0.717) is 5.92 Å². The average Bonchev–Trinajstić information content (AvgIpc) is 3.05. The minimum Gasteiger partial charge on any atom is -0.363 e. The van der Waals surface area contributed by atoms with Gasteiger partial charge in [-0.05, 0) is 44.9 Å². The zero-order chi connectivity index (χ0) is 17.4. The summed E-state index contributed by atoms with van der Waals surface area (Å²) in [7, 11) is 2.10. The minimum atomic E-state index is -0.262. The van der Waals surface area contributed by atoms with Crippen molar-refractivity contribution < 1.29 is 9.53 Å². The largest absolute Gasteiger partial charge is 0.363 e. The smallest absolute Gasteiger partial charge is 0.251 e. The van der Waals surface area contributed by atoms with Gasteiger partial charge in [0.2, 0.25) is 0 Å². The number of anilines is 1. The molecule has 1 aromatic rings. The summed E-state index contributed by atoms with van der Waals surface area (Å²) in [6.07, 6.45) is 1.77. The number of rotatable bonds is 2. The third-order valence-electron chi connectivity index (χ3n) is 5.75. The van der Waals surface area contributed by atoms with Crippen LogP contribution >= 0.6 is 0 Å². The highest BCUT2D eigenvalue weighted by atomic mass is 16.5. The van der Waals surface area contributed by atoms with Gasteiger partial charge in [0, 0.05) is 39.3 Å². The fourth-order valence-corrected chi connectivity index (χ4v) is 4.09. The number of hydrogen-bond donors (Lipinski definition) is 0. The number of aryl methyl sites for hydroxylation is 1. The molecule has 0 bridgehead atoms. The van der Waals surface area contributed by atoms with Crippen LogP contribution in [0.25, 0.3) is 0 Å². The van der Waals surface area contributed by atoms with E-state index in [1.165, 1.54) is 0 Å². The van der Waals surface area contributed by atoms with Crippen LogP contribution in [0.15, 0.2) is 12.1 Å². The summed E-state index contributed by atoms with van der Waals surface area (Å²) >= 11 is 0. The normalized spacial score (nSPS) is 30.4. The molecule has 0 radical (unpaired) electrons. The van der Waals surface area contributed by atoms with Crippen molar-refractivity contribution in [3.8, 4) is 0 Å². The average molecular weight is 345 g/mol. The van der Waals surface area contributed by atoms with Crippen molar-refractivity contribution in [2.24, 2.45) is 5.92 Å². The molecule has 7 nitrogen and oxygen atoms in total. The van der Waals surface area contributed by atoms with E-state index in [4.69, 9.17) is 4.74 Å². The molecule has 4 heterocycles. The summed E-state index contributed by atoms with van der Waals surface area (Å²) < 4.78 is 6.19. The predicted molar refractivity (Wildman–Crippen MR) is 94.4 cm³/mol. The molecule has 3 aliphatic rings. The lowest BCUT2D eigenvalue weighted by Gasteiger charge is -2.35. The summed E-state index contributed by atoms with van der Waals surface area (Å²) in [6, 6.07) is 4.01. The van der Waals surface area contributed by atoms with Gasteiger partial charge >= 0.3 is 0 Å². The van der Waals surface area contributed by atoms with Crippen LogP contribution in [0.3, 0.4) is 0 Å². The van der Waals surface area contributed by atoms with Crippen molar-refractivity contribution in [3.05, 3.63) is 17.8 Å². The van der Waals surface area contributed by atoms with Gasteiger partial charge in [0.25, 0.3) is 5.91 Å². The Labute approximate surface area is 148 Å². The van der Waals surface area contributed by atoms with E-state index in [1.54, 1.807) is 0 Å². The fourth-order valence-electron chi connectivity index (χ4n) is 4.09. The van der Waals surface area contributed by atoms with Gasteiger partial charge in [-0.15, -0.1) is 5.10 Å². The van der Waals surface area contributed by atoms with E-state index < -0.39 is 0 Å². The first-order chi connectivity index (χ1) is 12.1. The quantitative estimate of drug-likeness (QED) is 0.780. The molecule has 1 aromatic heterocycles. The van der Waals surface area contributed by atoms with E-state index >= 15 is 0 Å². The molecule has 3 fully saturated rings. The number of ether oxygens (including phenoxy) is 1. The maximum atomic E-state index is 12.8. The maximum absolute atomic E-state index is 12.8. The molecule has 3 saturated heterocycles. The molecular formula is C18H27N5O2. The van der Waals surface area contributed by atoms with E-state index in [1.807, 2.05) is 24.0 Å². The Kier molecular flexibility index (Phi) is 4.60. The molecule has 0 spiro atoms. The van der Waals surface area contributed by atoms with Crippen LogP contribution in [0.2, 0.25) is 0 Å². The highest BCUT2D eigenvalue weighted by molar-refractivity contribution is 5.81. The Balaban J connectivity index is 1.36. The number of likely N-dealkylation sites (N-methyl/N-ethyl adjacent to an activating group) is 1. The Morgan fingerprint density at radius 1 is 1.16 bits per heavy atom. The molecule has 0 saturated carbocycles. The molecule has 1 amide bonds. The van der Waals surface area contributed by atoms with Crippen molar-refractivity contribution in [1.82, 2.24) is 20.0 Å². The predicted octanol–water partition coefficient (Wildman–Crippen LogP) is 0.543. The first-order valence-corrected chi connectivity index (χ1v) is 9.28. The second-order valence-corrected chi connectivity index (χ2v) is 7.56. The SMILES string of the molecule is Cc1ccc(N2CC[C@@H]3C[C@@H](C(=O)N4CCN(C)CC4)O[C@H]3C2)nn1. The van der Waals surface area contributed by atoms with E-state index in [9.17, 15) is 4.79 Å². The molecule has 0 unspecified atom stereocenters. The molecule has 25 heavy (non-hydrogen) atoms. The zero-order valence-electron chi connectivity index (χ0n) is 15.1. The Morgan fingerprint density at radius 2 is 1.96 bits per heavy atom. The highest BCUT2D eigenvalue weighted by Gasteiger charge is 2.43. The number of piperidine rings is 1. The van der Waals surface area contributed by atoms with Gasteiger partial charge in [0.1, 0.15) is 6.10 Å². The zero-order valence-corrected chi connectivity index (χ0v) is 15.1. The highest BCUT2D eigenvalue weighted by Crippen LogP contribution is 2.35. The number of fused-ring (bicyclic) bond motifs is 1. The van der Waals surface area contributed by atoms with E-state index in [0.717, 1.165) is 63.6 Å². The van der Waals surface area contributed by atoms with Crippen molar-refractivity contribution in [3.63, 3.8) is 0 Å². The molecular weight excluding hydrogens is 318 g/mol. The number of aromatic nitrogens is 2. The molecule has 7 heteroatoms. The summed E-state index contributed by atoms with van der Waals surface area (Å²) in [5.41, 5.74) is 0.925. The van der Waals surface area contributed by atoms with Crippen molar-refractivity contribution >= 4 is 11.7 Å². The molecule has 136 valence electrons. The number of hydrogen-bond acceptors (Lipinski definition) is 6. The molecule has 0 aliphatic carbocycles. The number of carbonyl (C=O) groups excluding carboxylic acids is 1. The summed E-state index contributed by atoms with van der Waals surface area (Å²) in [5.74, 6) is 1.57. The maximum Gasteiger partial charge on any atom is 0.251 e. The van der Waals surface area contributed by atoms with Gasteiger partial charge < -0.3 is 19.4 Å². The van der Waals surface area contributed by atoms with Crippen molar-refractivity contribution in [2.75, 3.05) is 51.2 Å². The lowest BCUT2D eigenvalue weighted by molar-refractivity contribution is -0.144. The molecule has 0 N–H and O–H groups in total. The van der Waals surface area contributed by atoms with Crippen LogP contribution in [0.5, 0.6) is 0 Å². The number of amides is 1. The molecule has 4 rings (SSSR count). The Bertz CT molecular complexity index is 614. The van der Waals surface area contributed by atoms with Crippen LogP contribution in [-0.2, 0) is 9.53 Å². The molecule has 3 atom stereocenters. The summed E-state index contributed by atoms with van der Waals surface area (Å²) in [5, 5.41) is 8.44. The van der Waals surface area contributed by atoms with E-state index in [-0.39, 0.29) is 18.1 Å².